The predicted octanol–water partition coefficient (Wildman–Crippen LogP) is 4.73. The van der Waals surface area contributed by atoms with Crippen molar-refractivity contribution in [3.05, 3.63) is 78.2 Å². The minimum atomic E-state index is -0.573. The summed E-state index contributed by atoms with van der Waals surface area (Å²) in [6.45, 7) is 2.54. The number of benzene rings is 2. The average Bonchev–Trinajstić information content (AvgIpc) is 2.94. The number of aromatic nitrogens is 2. The van der Waals surface area contributed by atoms with Gasteiger partial charge < -0.3 is 19.1 Å². The van der Waals surface area contributed by atoms with Gasteiger partial charge in [0.25, 0.3) is 0 Å². The molecule has 1 aromatic heterocycles. The monoisotopic (exact) mass is 473 g/mol. The molecule has 2 fully saturated rings. The van der Waals surface area contributed by atoms with Gasteiger partial charge >= 0.3 is 0 Å². The molecule has 1 amide bonds. The zero-order valence-electron chi connectivity index (χ0n) is 20.1. The standard InChI is InChI=1S/C28H31N3O4/c1-33-23-11-9-22(10-12-23)28(13-16-34-17-14-28)27(32)31-15-5-6-21(20-31)25-18-29-19-26(30-25)35-24-7-3-2-4-8-24/h2-4,7-12,18-19,21H,5-6,13-17,20H2,1H3/t21-/m0/s1. The van der Waals surface area contributed by atoms with Crippen molar-refractivity contribution in [2.45, 2.75) is 37.0 Å². The number of hydrogen-bond donors (Lipinski definition) is 0. The van der Waals surface area contributed by atoms with Crippen LogP contribution in [0.15, 0.2) is 67.0 Å². The van der Waals surface area contributed by atoms with Gasteiger partial charge in [-0.2, -0.15) is 0 Å². The fraction of sp³-hybridized carbons (Fsp3) is 0.393. The highest BCUT2D eigenvalue weighted by molar-refractivity contribution is 5.88. The molecular weight excluding hydrogens is 442 g/mol. The van der Waals surface area contributed by atoms with E-state index in [4.69, 9.17) is 19.2 Å². The molecule has 35 heavy (non-hydrogen) atoms. The highest BCUT2D eigenvalue weighted by atomic mass is 16.5. The van der Waals surface area contributed by atoms with E-state index in [1.165, 1.54) is 0 Å². The van der Waals surface area contributed by atoms with Crippen LogP contribution >= 0.6 is 0 Å². The number of methoxy groups -OCH3 is 1. The van der Waals surface area contributed by atoms with Gasteiger partial charge in [-0.15, -0.1) is 0 Å². The molecule has 0 saturated carbocycles. The first kappa shape index (κ1) is 23.3. The molecule has 2 aromatic carbocycles. The van der Waals surface area contributed by atoms with Gasteiger partial charge in [-0.05, 0) is 55.5 Å². The van der Waals surface area contributed by atoms with E-state index < -0.39 is 5.41 Å². The number of amides is 1. The van der Waals surface area contributed by atoms with Crippen molar-refractivity contribution in [1.82, 2.24) is 14.9 Å². The number of carbonyl (C=O) groups excluding carboxylic acids is 1. The van der Waals surface area contributed by atoms with Crippen LogP contribution in [0.2, 0.25) is 0 Å². The fourth-order valence-corrected chi connectivity index (χ4v) is 5.18. The summed E-state index contributed by atoms with van der Waals surface area (Å²) in [5.41, 5.74) is 1.32. The van der Waals surface area contributed by atoms with E-state index in [-0.39, 0.29) is 11.8 Å². The maximum atomic E-state index is 14.1. The lowest BCUT2D eigenvalue weighted by Crippen LogP contribution is -2.52. The van der Waals surface area contributed by atoms with Crippen LogP contribution < -0.4 is 9.47 Å². The second-order valence-electron chi connectivity index (χ2n) is 9.21. The molecule has 3 aromatic rings. The van der Waals surface area contributed by atoms with Gasteiger partial charge in [0.15, 0.2) is 0 Å². The zero-order valence-corrected chi connectivity index (χ0v) is 20.1. The van der Waals surface area contributed by atoms with E-state index in [1.54, 1.807) is 19.5 Å². The van der Waals surface area contributed by atoms with E-state index in [0.29, 0.717) is 38.5 Å². The number of ether oxygens (including phenoxy) is 3. The molecule has 0 N–H and O–H groups in total. The molecule has 2 saturated heterocycles. The van der Waals surface area contributed by atoms with Gasteiger partial charge in [-0.1, -0.05) is 30.3 Å². The normalized spacial score (nSPS) is 19.7. The number of likely N-dealkylation sites (tertiary alicyclic amines) is 1. The molecule has 7 heteroatoms. The smallest absolute Gasteiger partial charge is 0.238 e. The third-order valence-corrected chi connectivity index (χ3v) is 7.12. The Hall–Kier alpha value is -3.45. The summed E-state index contributed by atoms with van der Waals surface area (Å²) in [5.74, 6) is 2.28. The zero-order chi connectivity index (χ0) is 24.1. The quantitative estimate of drug-likeness (QED) is 0.515. The number of para-hydroxylation sites is 1. The van der Waals surface area contributed by atoms with E-state index in [9.17, 15) is 4.79 Å². The third-order valence-electron chi connectivity index (χ3n) is 7.12. The Morgan fingerprint density at radius 1 is 1.03 bits per heavy atom. The number of nitrogens with zero attached hydrogens (tertiary/aromatic N) is 3. The SMILES string of the molecule is COc1ccc(C2(C(=O)N3CCC[C@H](c4cncc(Oc5ccccc5)n4)C3)CCOCC2)cc1. The van der Waals surface area contributed by atoms with Crippen molar-refractivity contribution in [1.29, 1.82) is 0 Å². The second kappa shape index (κ2) is 10.4. The van der Waals surface area contributed by atoms with Gasteiger partial charge in [0.1, 0.15) is 11.5 Å². The molecule has 2 aliphatic heterocycles. The highest BCUT2D eigenvalue weighted by Gasteiger charge is 2.45. The number of piperidine rings is 1. The summed E-state index contributed by atoms with van der Waals surface area (Å²) in [6, 6.07) is 17.5. The number of rotatable bonds is 6. The molecule has 0 bridgehead atoms. The molecule has 182 valence electrons. The first-order chi connectivity index (χ1) is 17.2. The second-order valence-corrected chi connectivity index (χ2v) is 9.21. The molecule has 5 rings (SSSR count). The maximum Gasteiger partial charge on any atom is 0.238 e. The molecule has 3 heterocycles. The van der Waals surface area contributed by atoms with Crippen molar-refractivity contribution in [2.24, 2.45) is 0 Å². The first-order valence-corrected chi connectivity index (χ1v) is 12.2. The molecule has 0 aliphatic carbocycles. The minimum absolute atomic E-state index is 0.118. The molecule has 7 nitrogen and oxygen atoms in total. The van der Waals surface area contributed by atoms with Crippen molar-refractivity contribution in [3.8, 4) is 17.4 Å². The Morgan fingerprint density at radius 2 is 1.80 bits per heavy atom. The van der Waals surface area contributed by atoms with Crippen molar-refractivity contribution in [2.75, 3.05) is 33.4 Å². The van der Waals surface area contributed by atoms with Crippen LogP contribution in [0.5, 0.6) is 17.4 Å². The van der Waals surface area contributed by atoms with Crippen LogP contribution in [0.4, 0.5) is 0 Å². The maximum absolute atomic E-state index is 14.1. The number of carbonyl (C=O) groups is 1. The largest absolute Gasteiger partial charge is 0.497 e. The lowest BCUT2D eigenvalue weighted by Gasteiger charge is -2.42. The van der Waals surface area contributed by atoms with E-state index >= 15 is 0 Å². The van der Waals surface area contributed by atoms with Crippen LogP contribution in [0.1, 0.15) is 42.9 Å². The van der Waals surface area contributed by atoms with Gasteiger partial charge in [-0.3, -0.25) is 9.78 Å². The lowest BCUT2D eigenvalue weighted by molar-refractivity contribution is -0.142. The molecule has 0 unspecified atom stereocenters. The van der Waals surface area contributed by atoms with Crippen LogP contribution in [-0.2, 0) is 14.9 Å². The first-order valence-electron chi connectivity index (χ1n) is 12.2. The molecular formula is C28H31N3O4. The predicted molar refractivity (Wildman–Crippen MR) is 132 cm³/mol. The summed E-state index contributed by atoms with van der Waals surface area (Å²) >= 11 is 0. The summed E-state index contributed by atoms with van der Waals surface area (Å²) in [6.07, 6.45) is 6.68. The Morgan fingerprint density at radius 3 is 2.54 bits per heavy atom. The Labute approximate surface area is 206 Å². The van der Waals surface area contributed by atoms with Crippen LogP contribution in [-0.4, -0.2) is 54.2 Å². The fourth-order valence-electron chi connectivity index (χ4n) is 5.18. The Kier molecular flexibility index (Phi) is 6.95. The van der Waals surface area contributed by atoms with E-state index in [0.717, 1.165) is 42.1 Å². The highest BCUT2D eigenvalue weighted by Crippen LogP contribution is 2.39. The average molecular weight is 474 g/mol. The van der Waals surface area contributed by atoms with Gasteiger partial charge in [-0.25, -0.2) is 4.98 Å². The minimum Gasteiger partial charge on any atom is -0.497 e. The molecule has 1 atom stereocenters. The lowest BCUT2D eigenvalue weighted by atomic mass is 9.72. The topological polar surface area (TPSA) is 73.8 Å². The summed E-state index contributed by atoms with van der Waals surface area (Å²) in [5, 5.41) is 0. The van der Waals surface area contributed by atoms with Gasteiger partial charge in [0.2, 0.25) is 11.8 Å². The van der Waals surface area contributed by atoms with Crippen LogP contribution in [0.3, 0.4) is 0 Å². The van der Waals surface area contributed by atoms with Crippen LogP contribution in [0.25, 0.3) is 0 Å². The Balaban J connectivity index is 1.35. The van der Waals surface area contributed by atoms with Crippen LogP contribution in [0, 0.1) is 0 Å². The summed E-state index contributed by atoms with van der Waals surface area (Å²) in [7, 11) is 1.65. The molecule has 0 spiro atoms. The van der Waals surface area contributed by atoms with Crippen molar-refractivity contribution < 1.29 is 19.0 Å². The third kappa shape index (κ3) is 5.00. The van der Waals surface area contributed by atoms with E-state index in [1.807, 2.05) is 59.5 Å². The molecule has 0 radical (unpaired) electrons. The van der Waals surface area contributed by atoms with Gasteiger partial charge in [0, 0.05) is 38.4 Å². The van der Waals surface area contributed by atoms with Crippen molar-refractivity contribution >= 4 is 5.91 Å². The molecule has 2 aliphatic rings. The van der Waals surface area contributed by atoms with E-state index in [2.05, 4.69) is 4.98 Å². The number of hydrogen-bond acceptors (Lipinski definition) is 6. The summed E-state index contributed by atoms with van der Waals surface area (Å²) in [4.78, 5) is 25.2. The summed E-state index contributed by atoms with van der Waals surface area (Å²) < 4.78 is 16.9. The van der Waals surface area contributed by atoms with Crippen molar-refractivity contribution in [3.63, 3.8) is 0 Å². The Bertz CT molecular complexity index is 1130. The van der Waals surface area contributed by atoms with Gasteiger partial charge in [0.05, 0.1) is 24.4 Å².